The van der Waals surface area contributed by atoms with Gasteiger partial charge in [-0.05, 0) is 104 Å². The molecule has 0 aromatic carbocycles. The van der Waals surface area contributed by atoms with E-state index in [0.29, 0.717) is 17.8 Å². The zero-order valence-corrected chi connectivity index (χ0v) is 22.9. The van der Waals surface area contributed by atoms with E-state index in [2.05, 4.69) is 47.6 Å². The maximum atomic E-state index is 10.9. The van der Waals surface area contributed by atoms with Crippen molar-refractivity contribution in [3.05, 3.63) is 11.6 Å². The Hall–Kier alpha value is -0.420. The molecule has 5 rings (SSSR count). The van der Waals surface area contributed by atoms with E-state index in [1.54, 1.807) is 5.57 Å². The normalized spacial score (nSPS) is 54.6. The molecule has 4 fully saturated rings. The van der Waals surface area contributed by atoms with E-state index in [1.807, 2.05) is 13.8 Å². The predicted octanol–water partition coefficient (Wildman–Crippen LogP) is 5.49. The second-order valence-corrected chi connectivity index (χ2v) is 14.8. The Morgan fingerprint density at radius 2 is 1.59 bits per heavy atom. The molecule has 3 saturated carbocycles. The van der Waals surface area contributed by atoms with Crippen LogP contribution in [0.5, 0.6) is 0 Å². The first-order valence-electron chi connectivity index (χ1n) is 14.0. The van der Waals surface area contributed by atoms with Gasteiger partial charge in [-0.2, -0.15) is 0 Å². The monoisotopic (exact) mass is 474 g/mol. The number of aliphatic hydroxyl groups is 3. The molecule has 0 amide bonds. The summed E-state index contributed by atoms with van der Waals surface area (Å²) in [7, 11) is 0. The number of rotatable bonds is 2. The van der Waals surface area contributed by atoms with Crippen molar-refractivity contribution in [1.29, 1.82) is 0 Å². The molecule has 194 valence electrons. The zero-order valence-electron chi connectivity index (χ0n) is 22.9. The maximum absolute atomic E-state index is 10.9. The van der Waals surface area contributed by atoms with Crippen LogP contribution in [-0.2, 0) is 4.74 Å². The molecule has 0 radical (unpaired) electrons. The summed E-state index contributed by atoms with van der Waals surface area (Å²) in [6.07, 6.45) is 8.38. The highest BCUT2D eigenvalue weighted by Gasteiger charge is 2.66. The molecule has 4 heteroatoms. The van der Waals surface area contributed by atoms with Crippen LogP contribution in [-0.4, -0.2) is 45.3 Å². The van der Waals surface area contributed by atoms with Crippen LogP contribution in [0.15, 0.2) is 11.6 Å². The second kappa shape index (κ2) is 7.55. The Morgan fingerprint density at radius 3 is 2.21 bits per heavy atom. The molecular weight excluding hydrogens is 424 g/mol. The Balaban J connectivity index is 1.46. The lowest BCUT2D eigenvalue weighted by Gasteiger charge is -2.64. The van der Waals surface area contributed by atoms with Crippen molar-refractivity contribution >= 4 is 0 Å². The fraction of sp³-hybridized carbons (Fsp3) is 0.933. The Labute approximate surface area is 207 Å². The van der Waals surface area contributed by atoms with E-state index >= 15 is 0 Å². The van der Waals surface area contributed by atoms with E-state index in [1.165, 1.54) is 19.3 Å². The molecule has 0 aromatic heterocycles. The molecule has 1 heterocycles. The van der Waals surface area contributed by atoms with Gasteiger partial charge in [0.15, 0.2) is 0 Å². The summed E-state index contributed by atoms with van der Waals surface area (Å²) in [6, 6.07) is 0. The average Bonchev–Trinajstić information content (AvgIpc) is 3.15. The topological polar surface area (TPSA) is 69.9 Å². The predicted molar refractivity (Wildman–Crippen MR) is 135 cm³/mol. The molecule has 5 aliphatic rings. The molecule has 0 aromatic rings. The first-order valence-corrected chi connectivity index (χ1v) is 14.0. The van der Waals surface area contributed by atoms with Gasteiger partial charge in [-0.1, -0.05) is 53.2 Å². The number of fused-ring (bicyclic) bond motifs is 5. The summed E-state index contributed by atoms with van der Waals surface area (Å²) in [6.45, 7) is 18.2. The minimum absolute atomic E-state index is 0.0347. The Kier molecular flexibility index (Phi) is 5.61. The van der Waals surface area contributed by atoms with Gasteiger partial charge in [-0.25, -0.2) is 0 Å². The molecule has 0 bridgehead atoms. The van der Waals surface area contributed by atoms with Gasteiger partial charge in [0, 0.05) is 0 Å². The number of hydrogen-bond donors (Lipinski definition) is 3. The van der Waals surface area contributed by atoms with Gasteiger partial charge in [0.25, 0.3) is 0 Å². The van der Waals surface area contributed by atoms with Crippen LogP contribution in [0.2, 0.25) is 0 Å². The molecule has 4 aliphatic carbocycles. The SMILES string of the molecule is C[C@@H]([C@@H]1OC(C)(C)[C@@H](O)[C@H]1O)[C@@H]1CC[C@]2(C)C3=CC[C@H]4C(C)(C)[C@@H](O)CC[C@]4(C)[C@H]3CC[C@@]12C. The zero-order chi connectivity index (χ0) is 25.1. The van der Waals surface area contributed by atoms with Gasteiger partial charge in [0.05, 0.1) is 17.8 Å². The third-order valence-electron chi connectivity index (χ3n) is 12.8. The lowest BCUT2D eigenvalue weighted by atomic mass is 9.41. The van der Waals surface area contributed by atoms with Crippen molar-refractivity contribution < 1.29 is 20.1 Å². The molecule has 0 spiro atoms. The molecule has 4 nitrogen and oxygen atoms in total. The largest absolute Gasteiger partial charge is 0.393 e. The van der Waals surface area contributed by atoms with Crippen molar-refractivity contribution in [2.45, 2.75) is 130 Å². The smallest absolute Gasteiger partial charge is 0.111 e. The van der Waals surface area contributed by atoms with E-state index in [0.717, 1.165) is 25.7 Å². The second-order valence-electron chi connectivity index (χ2n) is 14.8. The molecule has 34 heavy (non-hydrogen) atoms. The quantitative estimate of drug-likeness (QED) is 0.463. The third-order valence-corrected chi connectivity index (χ3v) is 12.8. The molecular formula is C30H50O4. The van der Waals surface area contributed by atoms with Crippen molar-refractivity contribution in [3.63, 3.8) is 0 Å². The summed E-state index contributed by atoms with van der Waals surface area (Å²) < 4.78 is 6.29. The molecule has 1 aliphatic heterocycles. The summed E-state index contributed by atoms with van der Waals surface area (Å²) in [4.78, 5) is 0. The van der Waals surface area contributed by atoms with Crippen molar-refractivity contribution in [2.75, 3.05) is 0 Å². The number of aliphatic hydroxyl groups excluding tert-OH is 3. The Bertz CT molecular complexity index is 862. The average molecular weight is 475 g/mol. The van der Waals surface area contributed by atoms with Gasteiger partial charge in [0.1, 0.15) is 12.2 Å². The van der Waals surface area contributed by atoms with E-state index in [-0.39, 0.29) is 39.8 Å². The van der Waals surface area contributed by atoms with Gasteiger partial charge < -0.3 is 20.1 Å². The first kappa shape index (κ1) is 25.2. The number of hydrogen-bond acceptors (Lipinski definition) is 4. The van der Waals surface area contributed by atoms with Crippen molar-refractivity contribution in [2.24, 2.45) is 45.3 Å². The highest BCUT2D eigenvalue weighted by Crippen LogP contribution is 2.73. The maximum Gasteiger partial charge on any atom is 0.111 e. The van der Waals surface area contributed by atoms with E-state index in [4.69, 9.17) is 4.74 Å². The lowest BCUT2D eigenvalue weighted by molar-refractivity contribution is -0.135. The summed E-state index contributed by atoms with van der Waals surface area (Å²) >= 11 is 0. The minimum Gasteiger partial charge on any atom is -0.393 e. The fourth-order valence-corrected chi connectivity index (χ4v) is 10.3. The summed E-state index contributed by atoms with van der Waals surface area (Å²) in [5.41, 5.74) is 1.57. The van der Waals surface area contributed by atoms with Crippen LogP contribution in [0.4, 0.5) is 0 Å². The standard InChI is InChI=1S/C30H50O4/c1-17(24-23(32)25(33)27(4,5)34-24)18-11-15-30(8)20-9-10-21-26(2,3)22(31)13-14-28(21,6)19(20)12-16-29(18,30)7/h9,17-19,21-25,31-33H,10-16H2,1-8H3/t17-,18+,19+,21+,22+,23+,24+,25+,28-,29+,30-/m1/s1. The van der Waals surface area contributed by atoms with Crippen LogP contribution >= 0.6 is 0 Å². The third kappa shape index (κ3) is 3.04. The van der Waals surface area contributed by atoms with E-state index in [9.17, 15) is 15.3 Å². The molecule has 11 atom stereocenters. The van der Waals surface area contributed by atoms with Crippen molar-refractivity contribution in [1.82, 2.24) is 0 Å². The van der Waals surface area contributed by atoms with Crippen LogP contribution in [0.1, 0.15) is 100 Å². The van der Waals surface area contributed by atoms with Crippen LogP contribution in [0, 0.1) is 45.3 Å². The van der Waals surface area contributed by atoms with Gasteiger partial charge in [-0.15, -0.1) is 0 Å². The summed E-state index contributed by atoms with van der Waals surface area (Å²) in [5, 5.41) is 32.3. The van der Waals surface area contributed by atoms with Gasteiger partial charge in [0.2, 0.25) is 0 Å². The molecule has 3 N–H and O–H groups in total. The van der Waals surface area contributed by atoms with Gasteiger partial charge in [-0.3, -0.25) is 0 Å². The van der Waals surface area contributed by atoms with Crippen molar-refractivity contribution in [3.8, 4) is 0 Å². The highest BCUT2D eigenvalue weighted by atomic mass is 16.6. The molecule has 0 unspecified atom stereocenters. The highest BCUT2D eigenvalue weighted by molar-refractivity contribution is 5.33. The van der Waals surface area contributed by atoms with Gasteiger partial charge >= 0.3 is 0 Å². The first-order chi connectivity index (χ1) is 15.6. The number of ether oxygens (including phenoxy) is 1. The fourth-order valence-electron chi connectivity index (χ4n) is 10.3. The van der Waals surface area contributed by atoms with Crippen LogP contribution in [0.25, 0.3) is 0 Å². The molecule has 1 saturated heterocycles. The minimum atomic E-state index is -0.834. The van der Waals surface area contributed by atoms with Crippen LogP contribution < -0.4 is 0 Å². The van der Waals surface area contributed by atoms with E-state index < -0.39 is 17.8 Å². The number of allylic oxidation sites excluding steroid dienone is 2. The summed E-state index contributed by atoms with van der Waals surface area (Å²) in [5.74, 6) is 1.81. The lowest BCUT2D eigenvalue weighted by Crippen LogP contribution is -2.58. The van der Waals surface area contributed by atoms with Crippen LogP contribution in [0.3, 0.4) is 0 Å². The Morgan fingerprint density at radius 1 is 0.912 bits per heavy atom.